The maximum atomic E-state index is 12.3. The van der Waals surface area contributed by atoms with Crippen molar-refractivity contribution in [3.63, 3.8) is 0 Å². The number of carbonyl (C=O) groups is 1. The summed E-state index contributed by atoms with van der Waals surface area (Å²) in [5.74, 6) is -0.0672. The molecule has 0 bridgehead atoms. The van der Waals surface area contributed by atoms with Crippen LogP contribution in [0.15, 0.2) is 18.3 Å². The molecule has 0 saturated carbocycles. The Bertz CT molecular complexity index is 699. The van der Waals surface area contributed by atoms with Gasteiger partial charge in [0.25, 0.3) is 0 Å². The molecule has 1 amide bonds. The Balaban J connectivity index is 2.13. The van der Waals surface area contributed by atoms with Gasteiger partial charge in [0.05, 0.1) is 23.8 Å². The minimum Gasteiger partial charge on any atom is -0.413 e. The lowest BCUT2D eigenvalue weighted by atomic mass is 9.77. The maximum absolute atomic E-state index is 12.3. The molecule has 0 radical (unpaired) electrons. The lowest BCUT2D eigenvalue weighted by Crippen LogP contribution is -2.66. The maximum Gasteiger partial charge on any atom is 0.228 e. The number of aromatic nitrogens is 1. The van der Waals surface area contributed by atoms with Gasteiger partial charge in [0.1, 0.15) is 0 Å². The number of nitrogens with zero attached hydrogens (tertiary/aromatic N) is 1. The second-order valence-electron chi connectivity index (χ2n) is 9.01. The molecule has 1 aromatic rings. The highest BCUT2D eigenvalue weighted by atomic mass is 32.1. The second kappa shape index (κ2) is 7.48. The molecule has 0 spiro atoms. The molecule has 1 saturated heterocycles. The number of amides is 1. The molecule has 2 rings (SSSR count). The Morgan fingerprint density at radius 1 is 1.35 bits per heavy atom. The summed E-state index contributed by atoms with van der Waals surface area (Å²) >= 11 is 5.68. The van der Waals surface area contributed by atoms with Crippen LogP contribution >= 0.6 is 12.2 Å². The smallest absolute Gasteiger partial charge is 0.228 e. The highest BCUT2D eigenvalue weighted by Crippen LogP contribution is 2.39. The average Bonchev–Trinajstić information content (AvgIpc) is 2.49. The van der Waals surface area contributed by atoms with E-state index in [1.165, 1.54) is 0 Å². The molecule has 0 aliphatic carbocycles. The summed E-state index contributed by atoms with van der Waals surface area (Å²) in [6, 6.07) is 3.96. The van der Waals surface area contributed by atoms with E-state index in [1.54, 1.807) is 6.20 Å². The van der Waals surface area contributed by atoms with E-state index < -0.39 is 8.32 Å². The summed E-state index contributed by atoms with van der Waals surface area (Å²) in [7, 11) is -1.93. The molecule has 2 heterocycles. The van der Waals surface area contributed by atoms with E-state index in [4.69, 9.17) is 16.6 Å². The molecule has 4 atom stereocenters. The van der Waals surface area contributed by atoms with Gasteiger partial charge in [-0.1, -0.05) is 39.9 Å². The van der Waals surface area contributed by atoms with Crippen LogP contribution in [-0.2, 0) is 9.22 Å². The van der Waals surface area contributed by atoms with E-state index >= 15 is 0 Å². The van der Waals surface area contributed by atoms with Gasteiger partial charge in [0.2, 0.25) is 5.91 Å². The second-order valence-corrected chi connectivity index (χ2v) is 14.2. The van der Waals surface area contributed by atoms with E-state index in [-0.39, 0.29) is 34.9 Å². The monoisotopic (exact) mass is 392 g/mol. The largest absolute Gasteiger partial charge is 0.413 e. The van der Waals surface area contributed by atoms with Crippen LogP contribution in [0.2, 0.25) is 18.1 Å². The third kappa shape index (κ3) is 4.23. The fourth-order valence-electron chi connectivity index (χ4n) is 3.14. The van der Waals surface area contributed by atoms with Gasteiger partial charge in [-0.2, -0.15) is 0 Å². The van der Waals surface area contributed by atoms with Gasteiger partial charge in [0.15, 0.2) is 8.32 Å². The van der Waals surface area contributed by atoms with Crippen molar-refractivity contribution < 1.29 is 9.22 Å². The molecular weight excluding hydrogens is 360 g/mol. The van der Waals surface area contributed by atoms with Crippen molar-refractivity contribution >= 4 is 31.3 Å². The van der Waals surface area contributed by atoms with Gasteiger partial charge in [-0.15, -0.1) is 0 Å². The summed E-state index contributed by atoms with van der Waals surface area (Å²) < 4.78 is 6.48. The molecule has 1 N–H and O–H groups in total. The number of pyridine rings is 1. The van der Waals surface area contributed by atoms with Crippen LogP contribution in [0.4, 0.5) is 0 Å². The minimum atomic E-state index is -1.93. The van der Waals surface area contributed by atoms with Crippen LogP contribution < -0.4 is 5.32 Å². The number of hydrogen-bond acceptors (Lipinski definition) is 4. The van der Waals surface area contributed by atoms with Crippen molar-refractivity contribution in [3.05, 3.63) is 29.6 Å². The SMILES string of the molecule is Cc1ccnc(C(=S)[C@H](C)[C@H]2NC(=O)[C@@H]2[C@@H](C)O[Si](C)(C)C(C)(C)C)c1. The van der Waals surface area contributed by atoms with Crippen LogP contribution in [0.25, 0.3) is 0 Å². The van der Waals surface area contributed by atoms with Gasteiger partial charge >= 0.3 is 0 Å². The van der Waals surface area contributed by atoms with Crippen LogP contribution in [0.3, 0.4) is 0 Å². The lowest BCUT2D eigenvalue weighted by molar-refractivity contribution is -0.140. The first-order valence-electron chi connectivity index (χ1n) is 9.30. The molecule has 0 aromatic carbocycles. The van der Waals surface area contributed by atoms with Crippen LogP contribution in [0.5, 0.6) is 0 Å². The van der Waals surface area contributed by atoms with Crippen molar-refractivity contribution in [1.82, 2.24) is 10.3 Å². The predicted molar refractivity (Wildman–Crippen MR) is 113 cm³/mol. The van der Waals surface area contributed by atoms with Crippen LogP contribution in [-0.4, -0.2) is 36.2 Å². The van der Waals surface area contributed by atoms with Gasteiger partial charge in [-0.25, -0.2) is 0 Å². The van der Waals surface area contributed by atoms with Crippen molar-refractivity contribution in [2.45, 2.75) is 71.8 Å². The van der Waals surface area contributed by atoms with E-state index in [0.717, 1.165) is 16.1 Å². The summed E-state index contributed by atoms with van der Waals surface area (Å²) in [6.07, 6.45) is 1.66. The Kier molecular flexibility index (Phi) is 6.10. The number of hydrogen-bond donors (Lipinski definition) is 1. The molecule has 1 aliphatic heterocycles. The number of carbonyl (C=O) groups excluding carboxylic acids is 1. The van der Waals surface area contributed by atoms with Crippen molar-refractivity contribution in [3.8, 4) is 0 Å². The van der Waals surface area contributed by atoms with Crippen molar-refractivity contribution in [1.29, 1.82) is 0 Å². The average molecular weight is 393 g/mol. The van der Waals surface area contributed by atoms with E-state index in [0.29, 0.717) is 0 Å². The van der Waals surface area contributed by atoms with Crippen molar-refractivity contribution in [2.24, 2.45) is 11.8 Å². The van der Waals surface area contributed by atoms with E-state index in [9.17, 15) is 4.79 Å². The lowest BCUT2D eigenvalue weighted by Gasteiger charge is -2.47. The number of β-lactam (4-membered cyclic amide) rings is 1. The zero-order valence-corrected chi connectivity index (χ0v) is 19.0. The summed E-state index contributed by atoms with van der Waals surface area (Å²) in [5.41, 5.74) is 1.96. The first kappa shape index (κ1) is 21.2. The third-order valence-corrected chi connectivity index (χ3v) is 11.1. The summed E-state index contributed by atoms with van der Waals surface area (Å²) in [4.78, 5) is 17.5. The van der Waals surface area contributed by atoms with Gasteiger partial charge in [0, 0.05) is 17.0 Å². The number of thiocarbonyl (C=S) groups is 1. The zero-order valence-electron chi connectivity index (χ0n) is 17.2. The molecule has 6 heteroatoms. The third-order valence-electron chi connectivity index (χ3n) is 5.91. The number of rotatable bonds is 6. The van der Waals surface area contributed by atoms with E-state index in [1.807, 2.05) is 26.0 Å². The highest BCUT2D eigenvalue weighted by molar-refractivity contribution is 7.80. The molecule has 1 aromatic heterocycles. The number of nitrogens with one attached hydrogen (secondary N) is 1. The molecule has 1 fully saturated rings. The Morgan fingerprint density at radius 2 is 1.96 bits per heavy atom. The number of aryl methyl sites for hydroxylation is 1. The first-order chi connectivity index (χ1) is 11.8. The normalized spacial score (nSPS) is 23.0. The minimum absolute atomic E-state index is 0.00270. The molecule has 0 unspecified atom stereocenters. The quantitative estimate of drug-likeness (QED) is 0.340. The molecule has 1 aliphatic rings. The van der Waals surface area contributed by atoms with Crippen LogP contribution in [0.1, 0.15) is 45.9 Å². The molecular formula is C20H32N2O2SSi. The summed E-state index contributed by atoms with van der Waals surface area (Å²) in [5, 5.41) is 3.16. The molecule has 144 valence electrons. The van der Waals surface area contributed by atoms with Gasteiger partial charge < -0.3 is 9.74 Å². The predicted octanol–water partition coefficient (Wildman–Crippen LogP) is 4.27. The Morgan fingerprint density at radius 3 is 2.46 bits per heavy atom. The van der Waals surface area contributed by atoms with Crippen molar-refractivity contribution in [2.75, 3.05) is 0 Å². The molecule has 4 nitrogen and oxygen atoms in total. The van der Waals surface area contributed by atoms with E-state index in [2.05, 4.69) is 51.1 Å². The standard InChI is InChI=1S/C20H32N2O2SSi/c1-12-9-10-21-15(11-12)18(25)13(2)17-16(19(23)22-17)14(3)24-26(7,8)20(4,5)6/h9-11,13-14,16-17H,1-8H3,(H,22,23)/t13-,14-,16-,17-/m1/s1. The Labute approximate surface area is 164 Å². The zero-order chi connectivity index (χ0) is 19.9. The van der Waals surface area contributed by atoms with Gasteiger partial charge in [-0.3, -0.25) is 9.78 Å². The fourth-order valence-corrected chi connectivity index (χ4v) is 4.83. The summed E-state index contributed by atoms with van der Waals surface area (Å²) in [6.45, 7) is 17.2. The van der Waals surface area contributed by atoms with Crippen LogP contribution in [0, 0.1) is 18.8 Å². The van der Waals surface area contributed by atoms with Gasteiger partial charge in [-0.05, 0) is 49.7 Å². The fraction of sp³-hybridized carbons (Fsp3) is 0.650. The molecule has 26 heavy (non-hydrogen) atoms. The topological polar surface area (TPSA) is 51.2 Å². The highest BCUT2D eigenvalue weighted by Gasteiger charge is 2.49. The Hall–Kier alpha value is -1.11. The first-order valence-corrected chi connectivity index (χ1v) is 12.6.